The van der Waals surface area contributed by atoms with E-state index in [4.69, 9.17) is 4.74 Å². The largest absolute Gasteiger partial charge is 0.394 e. The lowest BCUT2D eigenvalue weighted by Crippen LogP contribution is -2.55. The summed E-state index contributed by atoms with van der Waals surface area (Å²) in [5.74, 6) is -0.478. The standard InChI is InChI=1S/C22H32FN3O4/c23-16-8-6-15(7-9-16)13-24-21(28)12-18-10-11-19(20(14-27)30-18)26-22(29)25-17-4-2-1-3-5-17/h6-9,17-20,27H,1-5,10-14H2,(H,24,28)(H2,25,26,29)/t18-,19-,20+/m0/s1. The van der Waals surface area contributed by atoms with Gasteiger partial charge in [0.15, 0.2) is 0 Å². The van der Waals surface area contributed by atoms with Crippen molar-refractivity contribution in [3.8, 4) is 0 Å². The number of carbonyl (C=O) groups excluding carboxylic acids is 2. The van der Waals surface area contributed by atoms with Crippen LogP contribution >= 0.6 is 0 Å². The van der Waals surface area contributed by atoms with E-state index in [1.165, 1.54) is 18.6 Å². The van der Waals surface area contributed by atoms with Crippen LogP contribution in [0.5, 0.6) is 0 Å². The Morgan fingerprint density at radius 2 is 1.77 bits per heavy atom. The third-order valence-corrected chi connectivity index (χ3v) is 5.87. The van der Waals surface area contributed by atoms with Gasteiger partial charge in [0, 0.05) is 12.6 Å². The topological polar surface area (TPSA) is 99.7 Å². The first-order valence-electron chi connectivity index (χ1n) is 10.9. The van der Waals surface area contributed by atoms with Crippen molar-refractivity contribution in [1.29, 1.82) is 0 Å². The number of hydrogen-bond acceptors (Lipinski definition) is 4. The number of urea groups is 1. The van der Waals surface area contributed by atoms with Gasteiger partial charge in [-0.15, -0.1) is 0 Å². The maximum atomic E-state index is 12.9. The zero-order valence-electron chi connectivity index (χ0n) is 17.2. The Morgan fingerprint density at radius 1 is 1.03 bits per heavy atom. The minimum atomic E-state index is -0.536. The Balaban J connectivity index is 1.40. The fourth-order valence-corrected chi connectivity index (χ4v) is 4.17. The highest BCUT2D eigenvalue weighted by molar-refractivity contribution is 5.76. The van der Waals surface area contributed by atoms with Crippen molar-refractivity contribution in [2.24, 2.45) is 0 Å². The highest BCUT2D eigenvalue weighted by Crippen LogP contribution is 2.22. The van der Waals surface area contributed by atoms with E-state index in [-0.39, 0.29) is 49.0 Å². The SMILES string of the molecule is O=C(C[C@@H]1CC[C@H](NC(=O)NC2CCCCC2)[C@@H](CO)O1)NCc1ccc(F)cc1. The molecule has 8 heteroatoms. The molecule has 0 unspecified atom stereocenters. The summed E-state index contributed by atoms with van der Waals surface area (Å²) in [4.78, 5) is 24.5. The van der Waals surface area contributed by atoms with Crippen molar-refractivity contribution < 1.29 is 23.8 Å². The summed E-state index contributed by atoms with van der Waals surface area (Å²) in [6, 6.07) is 5.69. The predicted molar refractivity (Wildman–Crippen MR) is 110 cm³/mol. The van der Waals surface area contributed by atoms with Crippen molar-refractivity contribution in [2.75, 3.05) is 6.61 Å². The van der Waals surface area contributed by atoms with Crippen molar-refractivity contribution in [1.82, 2.24) is 16.0 Å². The summed E-state index contributed by atoms with van der Waals surface area (Å²) in [7, 11) is 0. The highest BCUT2D eigenvalue weighted by Gasteiger charge is 2.33. The minimum absolute atomic E-state index is 0.164. The molecule has 1 aliphatic carbocycles. The van der Waals surface area contributed by atoms with E-state index >= 15 is 0 Å². The monoisotopic (exact) mass is 421 g/mol. The van der Waals surface area contributed by atoms with Crippen LogP contribution in [-0.2, 0) is 16.1 Å². The van der Waals surface area contributed by atoms with Crippen LogP contribution in [-0.4, -0.2) is 47.9 Å². The van der Waals surface area contributed by atoms with Gasteiger partial charge in [0.2, 0.25) is 5.91 Å². The van der Waals surface area contributed by atoms with Crippen molar-refractivity contribution in [3.05, 3.63) is 35.6 Å². The predicted octanol–water partition coefficient (Wildman–Crippen LogP) is 2.37. The molecule has 7 nitrogen and oxygen atoms in total. The second-order valence-corrected chi connectivity index (χ2v) is 8.22. The van der Waals surface area contributed by atoms with E-state index in [1.54, 1.807) is 12.1 Å². The number of nitrogens with one attached hydrogen (secondary N) is 3. The summed E-state index contributed by atoms with van der Waals surface area (Å²) in [6.45, 7) is 0.100. The first-order valence-corrected chi connectivity index (χ1v) is 10.9. The minimum Gasteiger partial charge on any atom is -0.394 e. The molecule has 1 aromatic rings. The Hall–Kier alpha value is -2.19. The number of aliphatic hydroxyl groups is 1. The lowest BCUT2D eigenvalue weighted by Gasteiger charge is -2.36. The van der Waals surface area contributed by atoms with Gasteiger partial charge >= 0.3 is 6.03 Å². The normalized spacial score (nSPS) is 24.8. The first kappa shape index (κ1) is 22.5. The highest BCUT2D eigenvalue weighted by atomic mass is 19.1. The van der Waals surface area contributed by atoms with Crippen molar-refractivity contribution in [2.45, 2.75) is 82.2 Å². The second-order valence-electron chi connectivity index (χ2n) is 8.22. The first-order chi connectivity index (χ1) is 14.5. The molecule has 1 aliphatic heterocycles. The smallest absolute Gasteiger partial charge is 0.315 e. The molecule has 3 rings (SSSR count). The quantitative estimate of drug-likeness (QED) is 0.543. The van der Waals surface area contributed by atoms with Crippen LogP contribution in [0.3, 0.4) is 0 Å². The summed E-state index contributed by atoms with van der Waals surface area (Å²) in [5, 5.41) is 18.4. The lowest BCUT2D eigenvalue weighted by atomic mass is 9.95. The molecule has 1 saturated heterocycles. The molecule has 2 fully saturated rings. The number of benzene rings is 1. The molecule has 166 valence electrons. The summed E-state index contributed by atoms with van der Waals surface area (Å²) in [5.41, 5.74) is 0.816. The van der Waals surface area contributed by atoms with Crippen LogP contribution < -0.4 is 16.0 Å². The summed E-state index contributed by atoms with van der Waals surface area (Å²) in [6.07, 6.45) is 6.11. The van der Waals surface area contributed by atoms with Gasteiger partial charge in [-0.05, 0) is 43.4 Å². The number of aliphatic hydroxyl groups excluding tert-OH is 1. The van der Waals surface area contributed by atoms with E-state index in [9.17, 15) is 19.1 Å². The maximum Gasteiger partial charge on any atom is 0.315 e. The fraction of sp³-hybridized carbons (Fsp3) is 0.636. The van der Waals surface area contributed by atoms with Gasteiger partial charge < -0.3 is 25.8 Å². The molecule has 1 aromatic carbocycles. The van der Waals surface area contributed by atoms with Gasteiger partial charge in [0.25, 0.3) is 0 Å². The van der Waals surface area contributed by atoms with Crippen molar-refractivity contribution >= 4 is 11.9 Å². The number of rotatable bonds is 7. The van der Waals surface area contributed by atoms with Crippen LogP contribution in [0.25, 0.3) is 0 Å². The zero-order valence-corrected chi connectivity index (χ0v) is 17.2. The van der Waals surface area contributed by atoms with Crippen LogP contribution in [0, 0.1) is 5.82 Å². The van der Waals surface area contributed by atoms with Crippen LogP contribution in [0.2, 0.25) is 0 Å². The van der Waals surface area contributed by atoms with Gasteiger partial charge in [0.05, 0.1) is 25.2 Å². The third-order valence-electron chi connectivity index (χ3n) is 5.87. The molecule has 30 heavy (non-hydrogen) atoms. The lowest BCUT2D eigenvalue weighted by molar-refractivity contribution is -0.130. The van der Waals surface area contributed by atoms with Crippen LogP contribution in [0.4, 0.5) is 9.18 Å². The molecule has 2 aliphatic rings. The molecular formula is C22H32FN3O4. The van der Waals surface area contributed by atoms with Gasteiger partial charge in [-0.1, -0.05) is 31.4 Å². The molecule has 0 radical (unpaired) electrons. The summed E-state index contributed by atoms with van der Waals surface area (Å²) < 4.78 is 18.8. The molecule has 1 heterocycles. The third kappa shape index (κ3) is 6.95. The average molecular weight is 422 g/mol. The second kappa shape index (κ2) is 11.3. The fourth-order valence-electron chi connectivity index (χ4n) is 4.17. The zero-order chi connectivity index (χ0) is 21.3. The van der Waals surface area contributed by atoms with Gasteiger partial charge in [-0.2, -0.15) is 0 Å². The number of carbonyl (C=O) groups is 2. The van der Waals surface area contributed by atoms with E-state index in [0.29, 0.717) is 19.4 Å². The molecule has 3 amide bonds. The summed E-state index contributed by atoms with van der Waals surface area (Å²) >= 11 is 0. The number of hydrogen-bond donors (Lipinski definition) is 4. The molecule has 1 saturated carbocycles. The van der Waals surface area contributed by atoms with Gasteiger partial charge in [-0.25, -0.2) is 9.18 Å². The van der Waals surface area contributed by atoms with Gasteiger partial charge in [0.1, 0.15) is 11.9 Å². The molecule has 0 aromatic heterocycles. The number of ether oxygens (including phenoxy) is 1. The van der Waals surface area contributed by atoms with E-state index < -0.39 is 6.10 Å². The average Bonchev–Trinajstić information content (AvgIpc) is 2.75. The van der Waals surface area contributed by atoms with Gasteiger partial charge in [-0.3, -0.25) is 4.79 Å². The number of halogens is 1. The molecular weight excluding hydrogens is 389 g/mol. The Bertz CT molecular complexity index is 694. The molecule has 0 bridgehead atoms. The van der Waals surface area contributed by atoms with E-state index in [2.05, 4.69) is 16.0 Å². The molecule has 3 atom stereocenters. The Labute approximate surface area is 176 Å². The van der Waals surface area contributed by atoms with Crippen molar-refractivity contribution in [3.63, 3.8) is 0 Å². The van der Waals surface area contributed by atoms with E-state index in [1.807, 2.05) is 0 Å². The molecule has 4 N–H and O–H groups in total. The number of amides is 3. The maximum absolute atomic E-state index is 12.9. The molecule has 0 spiro atoms. The van der Waals surface area contributed by atoms with Crippen LogP contribution in [0.15, 0.2) is 24.3 Å². The Kier molecular flexibility index (Phi) is 8.45. The van der Waals surface area contributed by atoms with Crippen LogP contribution in [0.1, 0.15) is 56.9 Å². The Morgan fingerprint density at radius 3 is 2.47 bits per heavy atom. The van der Waals surface area contributed by atoms with E-state index in [0.717, 1.165) is 31.2 Å².